The third-order valence-corrected chi connectivity index (χ3v) is 3.21. The number of rotatable bonds is 5. The molecule has 0 bridgehead atoms. The standard InChI is InChI=1S/C14H17ClN4O2/c1-9(18-20-3)10(2)21-13-5-4-11(8-12(13)15)19-7-6-14(16)17-19/h4-8,10H,1-3H3,(H2,16,17)/b18-9-. The zero-order chi connectivity index (χ0) is 15.4. The molecule has 0 saturated heterocycles. The molecular weight excluding hydrogens is 292 g/mol. The quantitative estimate of drug-likeness (QED) is 0.681. The first-order chi connectivity index (χ1) is 10.0. The van der Waals surface area contributed by atoms with E-state index in [1.54, 1.807) is 29.1 Å². The number of anilines is 1. The molecule has 0 spiro atoms. The molecule has 2 aromatic rings. The first-order valence-electron chi connectivity index (χ1n) is 6.36. The number of halogens is 1. The highest BCUT2D eigenvalue weighted by molar-refractivity contribution is 6.32. The second-order valence-corrected chi connectivity index (χ2v) is 4.88. The van der Waals surface area contributed by atoms with Gasteiger partial charge in [-0.25, -0.2) is 4.68 Å². The van der Waals surface area contributed by atoms with E-state index < -0.39 is 0 Å². The van der Waals surface area contributed by atoms with E-state index in [1.165, 1.54) is 7.11 Å². The van der Waals surface area contributed by atoms with E-state index in [2.05, 4.69) is 10.3 Å². The van der Waals surface area contributed by atoms with Gasteiger partial charge in [0.1, 0.15) is 24.8 Å². The van der Waals surface area contributed by atoms with Crippen molar-refractivity contribution < 1.29 is 9.57 Å². The fourth-order valence-corrected chi connectivity index (χ4v) is 1.92. The van der Waals surface area contributed by atoms with Gasteiger partial charge in [0, 0.05) is 12.3 Å². The maximum atomic E-state index is 6.24. The largest absolute Gasteiger partial charge is 0.483 e. The Morgan fingerprint density at radius 2 is 2.19 bits per heavy atom. The Morgan fingerprint density at radius 1 is 1.43 bits per heavy atom. The number of benzene rings is 1. The zero-order valence-corrected chi connectivity index (χ0v) is 12.8. The summed E-state index contributed by atoms with van der Waals surface area (Å²) >= 11 is 6.24. The van der Waals surface area contributed by atoms with E-state index in [-0.39, 0.29) is 6.10 Å². The molecule has 0 aliphatic rings. The maximum Gasteiger partial charge on any atom is 0.145 e. The molecule has 1 heterocycles. The lowest BCUT2D eigenvalue weighted by Gasteiger charge is -2.15. The summed E-state index contributed by atoms with van der Waals surface area (Å²) in [6.45, 7) is 3.69. The highest BCUT2D eigenvalue weighted by Gasteiger charge is 2.12. The van der Waals surface area contributed by atoms with Gasteiger partial charge in [0.05, 0.1) is 16.4 Å². The molecular formula is C14H17ClN4O2. The van der Waals surface area contributed by atoms with Gasteiger partial charge in [-0.2, -0.15) is 5.10 Å². The SMILES string of the molecule is CO/N=C(/C)C(C)Oc1ccc(-n2ccc(N)n2)cc1Cl. The Hall–Kier alpha value is -2.21. The lowest BCUT2D eigenvalue weighted by molar-refractivity contribution is 0.203. The predicted molar refractivity (Wildman–Crippen MR) is 83.2 cm³/mol. The van der Waals surface area contributed by atoms with Gasteiger partial charge in [-0.15, -0.1) is 0 Å². The van der Waals surface area contributed by atoms with Crippen LogP contribution in [0.5, 0.6) is 5.75 Å². The van der Waals surface area contributed by atoms with Crippen LogP contribution in [0.4, 0.5) is 5.82 Å². The summed E-state index contributed by atoms with van der Waals surface area (Å²) in [5.74, 6) is 1.02. The molecule has 2 rings (SSSR count). The molecule has 1 unspecified atom stereocenters. The maximum absolute atomic E-state index is 6.24. The summed E-state index contributed by atoms with van der Waals surface area (Å²) in [5.41, 5.74) is 7.12. The number of oxime groups is 1. The summed E-state index contributed by atoms with van der Waals surface area (Å²) in [6, 6.07) is 7.11. The first kappa shape index (κ1) is 15.2. The molecule has 7 heteroatoms. The van der Waals surface area contributed by atoms with Crippen LogP contribution in [0.1, 0.15) is 13.8 Å². The lowest BCUT2D eigenvalue weighted by Crippen LogP contribution is -2.21. The third kappa shape index (κ3) is 3.66. The minimum absolute atomic E-state index is 0.242. The fraction of sp³-hybridized carbons (Fsp3) is 0.286. The minimum Gasteiger partial charge on any atom is -0.483 e. The molecule has 112 valence electrons. The Morgan fingerprint density at radius 3 is 2.76 bits per heavy atom. The van der Waals surface area contributed by atoms with Crippen LogP contribution in [0.3, 0.4) is 0 Å². The van der Waals surface area contributed by atoms with Crippen LogP contribution in [0, 0.1) is 0 Å². The van der Waals surface area contributed by atoms with Crippen LogP contribution in [-0.4, -0.2) is 28.7 Å². The molecule has 6 nitrogen and oxygen atoms in total. The van der Waals surface area contributed by atoms with Gasteiger partial charge in [0.25, 0.3) is 0 Å². The monoisotopic (exact) mass is 308 g/mol. The predicted octanol–water partition coefficient (Wildman–Crippen LogP) is 2.90. The molecule has 0 aliphatic heterocycles. The van der Waals surface area contributed by atoms with E-state index in [4.69, 9.17) is 26.9 Å². The number of hydrogen-bond acceptors (Lipinski definition) is 5. The molecule has 1 aromatic heterocycles. The van der Waals surface area contributed by atoms with Crippen molar-refractivity contribution in [3.8, 4) is 11.4 Å². The van der Waals surface area contributed by atoms with E-state index in [0.29, 0.717) is 16.6 Å². The van der Waals surface area contributed by atoms with Gasteiger partial charge < -0.3 is 15.3 Å². The van der Waals surface area contributed by atoms with Crippen LogP contribution in [0.15, 0.2) is 35.6 Å². The molecule has 0 amide bonds. The van der Waals surface area contributed by atoms with Gasteiger partial charge in [0.2, 0.25) is 0 Å². The Bertz CT molecular complexity index is 654. The number of hydrogen-bond donors (Lipinski definition) is 1. The highest BCUT2D eigenvalue weighted by atomic mass is 35.5. The van der Waals surface area contributed by atoms with Crippen molar-refractivity contribution in [2.24, 2.45) is 5.16 Å². The van der Waals surface area contributed by atoms with Crippen LogP contribution in [-0.2, 0) is 4.84 Å². The van der Waals surface area contributed by atoms with Crippen molar-refractivity contribution in [3.05, 3.63) is 35.5 Å². The van der Waals surface area contributed by atoms with Gasteiger partial charge in [-0.3, -0.25) is 0 Å². The Kier molecular flexibility index (Phi) is 4.70. The van der Waals surface area contributed by atoms with E-state index in [0.717, 1.165) is 11.4 Å². The lowest BCUT2D eigenvalue weighted by atomic mass is 10.2. The Balaban J connectivity index is 2.18. The second kappa shape index (κ2) is 6.49. The summed E-state index contributed by atoms with van der Waals surface area (Å²) in [4.78, 5) is 4.72. The normalized spacial score (nSPS) is 13.0. The topological polar surface area (TPSA) is 74.7 Å². The number of ether oxygens (including phenoxy) is 1. The van der Waals surface area contributed by atoms with Crippen molar-refractivity contribution in [2.45, 2.75) is 20.0 Å². The summed E-state index contributed by atoms with van der Waals surface area (Å²) in [5, 5.41) is 8.45. The smallest absolute Gasteiger partial charge is 0.145 e. The van der Waals surface area contributed by atoms with Crippen molar-refractivity contribution in [1.82, 2.24) is 9.78 Å². The van der Waals surface area contributed by atoms with Crippen LogP contribution in [0.2, 0.25) is 5.02 Å². The summed E-state index contributed by atoms with van der Waals surface area (Å²) in [7, 11) is 1.49. The molecule has 2 N–H and O–H groups in total. The third-order valence-electron chi connectivity index (χ3n) is 2.92. The van der Waals surface area contributed by atoms with Crippen molar-refractivity contribution in [3.63, 3.8) is 0 Å². The molecule has 21 heavy (non-hydrogen) atoms. The van der Waals surface area contributed by atoms with Gasteiger partial charge in [-0.1, -0.05) is 16.8 Å². The highest BCUT2D eigenvalue weighted by Crippen LogP contribution is 2.28. The van der Waals surface area contributed by atoms with E-state index in [1.807, 2.05) is 19.9 Å². The molecule has 0 fully saturated rings. The molecule has 0 radical (unpaired) electrons. The van der Waals surface area contributed by atoms with Gasteiger partial charge in [0.15, 0.2) is 0 Å². The van der Waals surface area contributed by atoms with Crippen LogP contribution >= 0.6 is 11.6 Å². The van der Waals surface area contributed by atoms with Gasteiger partial charge >= 0.3 is 0 Å². The average Bonchev–Trinajstić information content (AvgIpc) is 2.88. The van der Waals surface area contributed by atoms with E-state index >= 15 is 0 Å². The summed E-state index contributed by atoms with van der Waals surface area (Å²) in [6.07, 6.45) is 1.52. The average molecular weight is 309 g/mol. The molecule has 1 atom stereocenters. The molecule has 0 aliphatic carbocycles. The summed E-state index contributed by atoms with van der Waals surface area (Å²) < 4.78 is 7.40. The van der Waals surface area contributed by atoms with Crippen molar-refractivity contribution in [2.75, 3.05) is 12.8 Å². The number of nitrogens with two attached hydrogens (primary N) is 1. The zero-order valence-electron chi connectivity index (χ0n) is 12.1. The number of nitrogens with zero attached hydrogens (tertiary/aromatic N) is 3. The Labute approximate surface area is 128 Å². The van der Waals surface area contributed by atoms with Crippen LogP contribution < -0.4 is 10.5 Å². The van der Waals surface area contributed by atoms with Gasteiger partial charge in [-0.05, 0) is 32.0 Å². The number of nitrogen functional groups attached to an aromatic ring is 1. The minimum atomic E-state index is -0.242. The second-order valence-electron chi connectivity index (χ2n) is 4.48. The van der Waals surface area contributed by atoms with Crippen molar-refractivity contribution in [1.29, 1.82) is 0 Å². The first-order valence-corrected chi connectivity index (χ1v) is 6.74. The van der Waals surface area contributed by atoms with Crippen molar-refractivity contribution >= 4 is 23.1 Å². The molecule has 1 aromatic carbocycles. The molecule has 0 saturated carbocycles. The fourth-order valence-electron chi connectivity index (χ4n) is 1.70. The number of aromatic nitrogens is 2. The van der Waals surface area contributed by atoms with E-state index in [9.17, 15) is 0 Å². The van der Waals surface area contributed by atoms with Crippen LogP contribution in [0.25, 0.3) is 5.69 Å².